The molecule has 4 rings (SSSR count). The van der Waals surface area contributed by atoms with Gasteiger partial charge in [0, 0.05) is 0 Å². The highest BCUT2D eigenvalue weighted by atomic mass is 19.4. The van der Waals surface area contributed by atoms with Gasteiger partial charge in [0.2, 0.25) is 5.75 Å². The minimum absolute atomic E-state index is 0.216. The van der Waals surface area contributed by atoms with Gasteiger partial charge < -0.3 is 4.74 Å². The number of halogens is 7. The third kappa shape index (κ3) is 6.68. The molecule has 8 heteroatoms. The van der Waals surface area contributed by atoms with E-state index >= 15 is 4.39 Å². The van der Waals surface area contributed by atoms with Gasteiger partial charge in [0.05, 0.1) is 5.56 Å². The lowest BCUT2D eigenvalue weighted by Crippen LogP contribution is -2.19. The van der Waals surface area contributed by atoms with Gasteiger partial charge in [0.25, 0.3) is 0 Å². The molecular formula is C29H31F7O. The van der Waals surface area contributed by atoms with Gasteiger partial charge in [-0.25, -0.2) is 17.6 Å². The minimum Gasteiger partial charge on any atom is -0.399 e. The topological polar surface area (TPSA) is 9.23 Å². The first-order chi connectivity index (χ1) is 17.6. The van der Waals surface area contributed by atoms with Gasteiger partial charge in [-0.3, -0.25) is 0 Å². The van der Waals surface area contributed by atoms with Crippen LogP contribution in [0.3, 0.4) is 0 Å². The number of allylic oxidation sites excluding steroid dienone is 2. The van der Waals surface area contributed by atoms with Crippen molar-refractivity contribution in [1.29, 1.82) is 0 Å². The molecule has 1 nitrogen and oxygen atoms in total. The van der Waals surface area contributed by atoms with Crippen molar-refractivity contribution in [2.24, 2.45) is 11.8 Å². The summed E-state index contributed by atoms with van der Waals surface area (Å²) in [6.07, 6.45) is 7.99. The number of unbranched alkanes of at least 4 members (excludes halogenated alkanes) is 1. The molecule has 2 aromatic rings. The van der Waals surface area contributed by atoms with Crippen molar-refractivity contribution in [1.82, 2.24) is 0 Å². The van der Waals surface area contributed by atoms with E-state index in [-0.39, 0.29) is 12.0 Å². The SMILES string of the molecule is CCCCC1CCC(CCC2=CCc3c(cc(F)c(-c4cc(F)c(OC(F)(F)F)c(F)c4)c3F)C2)CC1. The van der Waals surface area contributed by atoms with Crippen molar-refractivity contribution in [3.05, 3.63) is 64.2 Å². The first-order valence-corrected chi connectivity index (χ1v) is 13.0. The van der Waals surface area contributed by atoms with E-state index in [9.17, 15) is 26.3 Å². The second-order valence-corrected chi connectivity index (χ2v) is 10.3. The average molecular weight is 529 g/mol. The van der Waals surface area contributed by atoms with Crippen LogP contribution in [0.5, 0.6) is 5.75 Å². The molecule has 0 bridgehead atoms. The fourth-order valence-electron chi connectivity index (χ4n) is 5.71. The van der Waals surface area contributed by atoms with Crippen molar-refractivity contribution >= 4 is 0 Å². The number of hydrogen-bond donors (Lipinski definition) is 0. The summed E-state index contributed by atoms with van der Waals surface area (Å²) in [5.74, 6) is -5.55. The van der Waals surface area contributed by atoms with Crippen LogP contribution in [0.4, 0.5) is 30.7 Å². The third-order valence-electron chi connectivity index (χ3n) is 7.73. The second-order valence-electron chi connectivity index (χ2n) is 10.3. The summed E-state index contributed by atoms with van der Waals surface area (Å²) in [5.41, 5.74) is 0.627. The standard InChI is InChI=1S/C29H31F7O/c1-2-3-4-17-5-7-18(8-6-17)9-10-19-11-12-22-20(13-19)14-23(30)26(27(22)33)21-15-24(31)28(25(32)16-21)37-29(34,35)36/h11,14-18H,2-10,12-13H2,1H3. The van der Waals surface area contributed by atoms with Crippen LogP contribution in [0.25, 0.3) is 11.1 Å². The van der Waals surface area contributed by atoms with Gasteiger partial charge in [0.1, 0.15) is 11.6 Å². The summed E-state index contributed by atoms with van der Waals surface area (Å²) in [6, 6.07) is 2.05. The van der Waals surface area contributed by atoms with E-state index in [1.165, 1.54) is 44.9 Å². The van der Waals surface area contributed by atoms with Crippen LogP contribution in [0, 0.1) is 35.1 Å². The summed E-state index contributed by atoms with van der Waals surface area (Å²) in [6.45, 7) is 2.22. The maximum atomic E-state index is 15.3. The third-order valence-corrected chi connectivity index (χ3v) is 7.73. The van der Waals surface area contributed by atoms with Crippen LogP contribution in [0.1, 0.15) is 75.8 Å². The van der Waals surface area contributed by atoms with Gasteiger partial charge in [-0.15, -0.1) is 13.2 Å². The van der Waals surface area contributed by atoms with E-state index in [2.05, 4.69) is 11.7 Å². The molecule has 37 heavy (non-hydrogen) atoms. The highest BCUT2D eigenvalue weighted by Crippen LogP contribution is 2.39. The summed E-state index contributed by atoms with van der Waals surface area (Å²) in [4.78, 5) is 0. The maximum Gasteiger partial charge on any atom is 0.573 e. The molecule has 2 aliphatic rings. The molecule has 202 valence electrons. The Morgan fingerprint density at radius 1 is 0.865 bits per heavy atom. The Labute approximate surface area is 212 Å². The van der Waals surface area contributed by atoms with E-state index in [1.54, 1.807) is 0 Å². The molecule has 0 radical (unpaired) electrons. The molecule has 0 aromatic heterocycles. The lowest BCUT2D eigenvalue weighted by molar-refractivity contribution is -0.276. The Bertz CT molecular complexity index is 1120. The quantitative estimate of drug-likeness (QED) is 0.245. The molecule has 0 aliphatic heterocycles. The van der Waals surface area contributed by atoms with Gasteiger partial charge in [-0.2, -0.15) is 0 Å². The number of fused-ring (bicyclic) bond motifs is 1. The molecule has 0 saturated heterocycles. The number of ether oxygens (including phenoxy) is 1. The lowest BCUT2D eigenvalue weighted by atomic mass is 9.77. The molecule has 0 unspecified atom stereocenters. The lowest BCUT2D eigenvalue weighted by Gasteiger charge is -2.29. The Balaban J connectivity index is 1.44. The summed E-state index contributed by atoms with van der Waals surface area (Å²) in [7, 11) is 0. The zero-order valence-corrected chi connectivity index (χ0v) is 20.8. The molecule has 1 saturated carbocycles. The Kier molecular flexibility index (Phi) is 8.54. The van der Waals surface area contributed by atoms with Crippen LogP contribution in [0.15, 0.2) is 29.8 Å². The largest absolute Gasteiger partial charge is 0.573 e. The summed E-state index contributed by atoms with van der Waals surface area (Å²) >= 11 is 0. The zero-order valence-electron chi connectivity index (χ0n) is 20.8. The first-order valence-electron chi connectivity index (χ1n) is 13.0. The predicted octanol–water partition coefficient (Wildman–Crippen LogP) is 9.61. The highest BCUT2D eigenvalue weighted by Gasteiger charge is 2.34. The van der Waals surface area contributed by atoms with Gasteiger partial charge in [-0.1, -0.05) is 63.5 Å². The summed E-state index contributed by atoms with van der Waals surface area (Å²) in [5, 5.41) is 0. The average Bonchev–Trinajstić information content (AvgIpc) is 2.83. The normalized spacial score (nSPS) is 19.9. The Morgan fingerprint density at radius 2 is 1.49 bits per heavy atom. The fourth-order valence-corrected chi connectivity index (χ4v) is 5.71. The molecule has 2 aromatic carbocycles. The van der Waals surface area contributed by atoms with E-state index in [4.69, 9.17) is 0 Å². The monoisotopic (exact) mass is 528 g/mol. The molecular weight excluding hydrogens is 497 g/mol. The van der Waals surface area contributed by atoms with Crippen LogP contribution >= 0.6 is 0 Å². The van der Waals surface area contributed by atoms with Gasteiger partial charge in [0.15, 0.2) is 11.6 Å². The Hall–Kier alpha value is -2.51. The fraction of sp³-hybridized carbons (Fsp3) is 0.517. The van der Waals surface area contributed by atoms with Crippen molar-refractivity contribution in [2.75, 3.05) is 0 Å². The molecule has 2 aliphatic carbocycles. The van der Waals surface area contributed by atoms with E-state index in [0.717, 1.165) is 30.4 Å². The van der Waals surface area contributed by atoms with Crippen molar-refractivity contribution in [3.8, 4) is 16.9 Å². The van der Waals surface area contributed by atoms with Crippen LogP contribution in [0.2, 0.25) is 0 Å². The molecule has 0 heterocycles. The van der Waals surface area contributed by atoms with Crippen LogP contribution < -0.4 is 4.74 Å². The number of benzene rings is 2. The van der Waals surface area contributed by atoms with Crippen LogP contribution in [-0.4, -0.2) is 6.36 Å². The van der Waals surface area contributed by atoms with E-state index in [1.807, 2.05) is 6.08 Å². The van der Waals surface area contributed by atoms with Crippen molar-refractivity contribution in [3.63, 3.8) is 0 Å². The first kappa shape index (κ1) is 27.5. The molecule has 1 fully saturated rings. The highest BCUT2D eigenvalue weighted by molar-refractivity contribution is 5.68. The molecule has 0 amide bonds. The van der Waals surface area contributed by atoms with Crippen LogP contribution in [-0.2, 0) is 12.8 Å². The van der Waals surface area contributed by atoms with Gasteiger partial charge in [-0.05, 0) is 72.4 Å². The second kappa shape index (κ2) is 11.5. The maximum absolute atomic E-state index is 15.3. The number of hydrogen-bond acceptors (Lipinski definition) is 1. The number of rotatable bonds is 8. The van der Waals surface area contributed by atoms with E-state index in [0.29, 0.717) is 30.0 Å². The van der Waals surface area contributed by atoms with E-state index < -0.39 is 46.5 Å². The number of alkyl halides is 3. The summed E-state index contributed by atoms with van der Waals surface area (Å²) < 4.78 is 99.2. The zero-order chi connectivity index (χ0) is 26.7. The predicted molar refractivity (Wildman–Crippen MR) is 128 cm³/mol. The molecule has 0 atom stereocenters. The van der Waals surface area contributed by atoms with Gasteiger partial charge >= 0.3 is 6.36 Å². The smallest absolute Gasteiger partial charge is 0.399 e. The van der Waals surface area contributed by atoms with Crippen molar-refractivity contribution in [2.45, 2.75) is 83.9 Å². The van der Waals surface area contributed by atoms with Crippen molar-refractivity contribution < 1.29 is 35.5 Å². The molecule has 0 spiro atoms. The Morgan fingerprint density at radius 3 is 2.08 bits per heavy atom. The molecule has 0 N–H and O–H groups in total. The minimum atomic E-state index is -5.32.